The number of aromatic nitrogens is 2. The minimum absolute atomic E-state index is 0.194. The first kappa shape index (κ1) is 15.7. The topological polar surface area (TPSA) is 84.1 Å². The number of rotatable bonds is 7. The Morgan fingerprint density at radius 2 is 2.11 bits per heavy atom. The molecule has 1 aromatic rings. The van der Waals surface area contributed by atoms with Gasteiger partial charge in [-0.25, -0.2) is 0 Å². The van der Waals surface area contributed by atoms with Crippen molar-refractivity contribution >= 4 is 27.8 Å². The Labute approximate surface area is 120 Å². The Morgan fingerprint density at radius 3 is 2.68 bits per heavy atom. The molecule has 0 spiro atoms. The molecule has 1 rings (SSSR count). The van der Waals surface area contributed by atoms with Crippen molar-refractivity contribution in [3.05, 3.63) is 15.9 Å². The van der Waals surface area contributed by atoms with Crippen LogP contribution < -0.4 is 5.32 Å². The van der Waals surface area contributed by atoms with Gasteiger partial charge in [-0.2, -0.15) is 5.10 Å². The van der Waals surface area contributed by atoms with Gasteiger partial charge in [0.15, 0.2) is 5.69 Å². The molecule has 6 nitrogen and oxygen atoms in total. The number of unbranched alkanes of at least 4 members (excludes halogenated alkanes) is 2. The predicted molar refractivity (Wildman–Crippen MR) is 73.8 cm³/mol. The first-order valence-corrected chi connectivity index (χ1v) is 6.91. The van der Waals surface area contributed by atoms with Gasteiger partial charge in [0.25, 0.3) is 5.91 Å². The largest absolute Gasteiger partial charge is 0.469 e. The summed E-state index contributed by atoms with van der Waals surface area (Å²) >= 11 is 3.30. The number of hydrogen-bond donors (Lipinski definition) is 2. The lowest BCUT2D eigenvalue weighted by atomic mass is 10.2. The second kappa shape index (κ2) is 7.93. The zero-order valence-electron chi connectivity index (χ0n) is 11.1. The van der Waals surface area contributed by atoms with Crippen molar-refractivity contribution in [3.63, 3.8) is 0 Å². The number of H-pyrrole nitrogens is 1. The molecule has 2 N–H and O–H groups in total. The number of methoxy groups -OCH3 is 1. The Bertz CT molecular complexity index is 445. The van der Waals surface area contributed by atoms with Gasteiger partial charge in [-0.15, -0.1) is 0 Å². The highest BCUT2D eigenvalue weighted by atomic mass is 79.9. The van der Waals surface area contributed by atoms with Crippen LogP contribution in [0, 0.1) is 6.92 Å². The molecule has 1 heterocycles. The summed E-state index contributed by atoms with van der Waals surface area (Å²) in [5.41, 5.74) is 1.19. The molecule has 0 fully saturated rings. The van der Waals surface area contributed by atoms with Crippen molar-refractivity contribution in [1.82, 2.24) is 15.5 Å². The average molecular weight is 332 g/mol. The van der Waals surface area contributed by atoms with Crippen LogP contribution in [0.15, 0.2) is 4.47 Å². The molecule has 0 atom stereocenters. The third-order valence-corrected chi connectivity index (χ3v) is 3.63. The summed E-state index contributed by atoms with van der Waals surface area (Å²) < 4.78 is 5.23. The molecule has 19 heavy (non-hydrogen) atoms. The summed E-state index contributed by atoms with van der Waals surface area (Å²) in [6, 6.07) is 0. The maximum absolute atomic E-state index is 11.8. The third kappa shape index (κ3) is 5.02. The molecule has 0 aliphatic carbocycles. The van der Waals surface area contributed by atoms with Crippen LogP contribution in [0.3, 0.4) is 0 Å². The number of esters is 1. The average Bonchev–Trinajstić information content (AvgIpc) is 2.73. The number of aromatic amines is 1. The number of amides is 1. The standard InChI is InChI=1S/C12H18BrN3O3/c1-8-10(13)11(16-15-8)12(18)14-7-5-3-4-6-9(17)19-2/h3-7H2,1-2H3,(H,14,18)(H,15,16). The normalized spacial score (nSPS) is 10.3. The van der Waals surface area contributed by atoms with Crippen molar-refractivity contribution in [3.8, 4) is 0 Å². The van der Waals surface area contributed by atoms with Crippen LogP contribution in [-0.2, 0) is 9.53 Å². The second-order valence-electron chi connectivity index (χ2n) is 4.15. The minimum Gasteiger partial charge on any atom is -0.469 e. The van der Waals surface area contributed by atoms with Gasteiger partial charge in [-0.3, -0.25) is 14.7 Å². The Kier molecular flexibility index (Phi) is 6.55. The Balaban J connectivity index is 2.18. The highest BCUT2D eigenvalue weighted by molar-refractivity contribution is 9.10. The number of nitrogens with one attached hydrogen (secondary N) is 2. The Morgan fingerprint density at radius 1 is 1.37 bits per heavy atom. The molecular formula is C12H18BrN3O3. The molecule has 0 radical (unpaired) electrons. The SMILES string of the molecule is COC(=O)CCCCCNC(=O)c1n[nH]c(C)c1Br. The molecule has 1 aromatic heterocycles. The minimum atomic E-state index is -0.204. The molecule has 1 amide bonds. The zero-order valence-corrected chi connectivity index (χ0v) is 12.7. The molecule has 0 bridgehead atoms. The molecular weight excluding hydrogens is 314 g/mol. The predicted octanol–water partition coefficient (Wildman–Crippen LogP) is 1.94. The van der Waals surface area contributed by atoms with Gasteiger partial charge >= 0.3 is 5.97 Å². The van der Waals surface area contributed by atoms with E-state index in [9.17, 15) is 9.59 Å². The van der Waals surface area contributed by atoms with Crippen molar-refractivity contribution in [2.24, 2.45) is 0 Å². The van der Waals surface area contributed by atoms with Crippen LogP contribution in [0.4, 0.5) is 0 Å². The van der Waals surface area contributed by atoms with Crippen molar-refractivity contribution in [1.29, 1.82) is 0 Å². The van der Waals surface area contributed by atoms with Gasteiger partial charge in [-0.05, 0) is 35.7 Å². The lowest BCUT2D eigenvalue weighted by molar-refractivity contribution is -0.140. The first-order valence-electron chi connectivity index (χ1n) is 6.11. The van der Waals surface area contributed by atoms with E-state index < -0.39 is 0 Å². The molecule has 106 valence electrons. The van der Waals surface area contributed by atoms with Crippen LogP contribution in [0.5, 0.6) is 0 Å². The smallest absolute Gasteiger partial charge is 0.305 e. The van der Waals surface area contributed by atoms with E-state index in [1.165, 1.54) is 7.11 Å². The van der Waals surface area contributed by atoms with E-state index >= 15 is 0 Å². The number of halogens is 1. The van der Waals surface area contributed by atoms with E-state index in [-0.39, 0.29) is 11.9 Å². The fraction of sp³-hybridized carbons (Fsp3) is 0.583. The van der Waals surface area contributed by atoms with Crippen molar-refractivity contribution in [2.75, 3.05) is 13.7 Å². The highest BCUT2D eigenvalue weighted by Gasteiger charge is 2.14. The molecule has 0 aromatic carbocycles. The molecule has 0 aliphatic heterocycles. The summed E-state index contributed by atoms with van der Waals surface area (Å²) in [4.78, 5) is 22.6. The fourth-order valence-corrected chi connectivity index (χ4v) is 1.88. The Hall–Kier alpha value is -1.37. The summed E-state index contributed by atoms with van der Waals surface area (Å²) in [5, 5.41) is 9.45. The summed E-state index contributed by atoms with van der Waals surface area (Å²) in [7, 11) is 1.38. The monoisotopic (exact) mass is 331 g/mol. The number of carbonyl (C=O) groups is 2. The van der Waals surface area contributed by atoms with Gasteiger partial charge in [0, 0.05) is 18.7 Å². The molecule has 7 heteroatoms. The summed E-state index contributed by atoms with van der Waals surface area (Å²) in [6.45, 7) is 2.40. The summed E-state index contributed by atoms with van der Waals surface area (Å²) in [6.07, 6.45) is 2.89. The first-order chi connectivity index (χ1) is 9.06. The number of ether oxygens (including phenoxy) is 1. The van der Waals surface area contributed by atoms with Crippen LogP contribution in [0.1, 0.15) is 41.9 Å². The number of hydrogen-bond acceptors (Lipinski definition) is 4. The van der Waals surface area contributed by atoms with Crippen molar-refractivity contribution < 1.29 is 14.3 Å². The molecule has 0 aliphatic rings. The number of nitrogens with zero attached hydrogens (tertiary/aromatic N) is 1. The maximum Gasteiger partial charge on any atom is 0.305 e. The number of carbonyl (C=O) groups excluding carboxylic acids is 2. The van der Waals surface area contributed by atoms with Crippen molar-refractivity contribution in [2.45, 2.75) is 32.6 Å². The van der Waals surface area contributed by atoms with E-state index in [0.29, 0.717) is 23.1 Å². The van der Waals surface area contributed by atoms with Crippen LogP contribution in [-0.4, -0.2) is 35.7 Å². The third-order valence-electron chi connectivity index (χ3n) is 2.66. The van der Waals surface area contributed by atoms with E-state index in [4.69, 9.17) is 0 Å². The van der Waals surface area contributed by atoms with Crippen LogP contribution in [0.2, 0.25) is 0 Å². The van der Waals surface area contributed by atoms with Gasteiger partial charge in [0.2, 0.25) is 0 Å². The molecule has 0 saturated carbocycles. The quantitative estimate of drug-likeness (QED) is 0.590. The lowest BCUT2D eigenvalue weighted by Gasteiger charge is -2.03. The van der Waals surface area contributed by atoms with E-state index in [1.54, 1.807) is 0 Å². The highest BCUT2D eigenvalue weighted by Crippen LogP contribution is 2.17. The van der Waals surface area contributed by atoms with Gasteiger partial charge in [0.05, 0.1) is 11.6 Å². The van der Waals surface area contributed by atoms with E-state index in [2.05, 4.69) is 36.2 Å². The summed E-state index contributed by atoms with van der Waals surface area (Å²) in [5.74, 6) is -0.399. The van der Waals surface area contributed by atoms with E-state index in [0.717, 1.165) is 25.0 Å². The maximum atomic E-state index is 11.8. The molecule has 0 saturated heterocycles. The van der Waals surface area contributed by atoms with Gasteiger partial charge < -0.3 is 10.1 Å². The zero-order chi connectivity index (χ0) is 14.3. The second-order valence-corrected chi connectivity index (χ2v) is 4.95. The van der Waals surface area contributed by atoms with Crippen LogP contribution >= 0.6 is 15.9 Å². The molecule has 0 unspecified atom stereocenters. The van der Waals surface area contributed by atoms with Gasteiger partial charge in [0.1, 0.15) is 0 Å². The van der Waals surface area contributed by atoms with E-state index in [1.807, 2.05) is 6.92 Å². The number of aryl methyl sites for hydroxylation is 1. The fourth-order valence-electron chi connectivity index (χ4n) is 1.52. The van der Waals surface area contributed by atoms with Gasteiger partial charge in [-0.1, -0.05) is 6.42 Å². The lowest BCUT2D eigenvalue weighted by Crippen LogP contribution is -2.25. The van der Waals surface area contributed by atoms with Crippen LogP contribution in [0.25, 0.3) is 0 Å².